The van der Waals surface area contributed by atoms with E-state index in [9.17, 15) is 19.8 Å². The second-order valence-electron chi connectivity index (χ2n) is 14.3. The first-order chi connectivity index (χ1) is 20.5. The molecule has 2 N–H and O–H groups in total. The van der Waals surface area contributed by atoms with Gasteiger partial charge in [-0.15, -0.1) is 0 Å². The van der Waals surface area contributed by atoms with Gasteiger partial charge in [-0.05, 0) is 104 Å². The van der Waals surface area contributed by atoms with Gasteiger partial charge in [-0.3, -0.25) is 14.4 Å². The lowest BCUT2D eigenvalue weighted by Gasteiger charge is -2.60. The summed E-state index contributed by atoms with van der Waals surface area (Å²) in [5.74, 6) is -1.60. The van der Waals surface area contributed by atoms with Crippen LogP contribution in [0.1, 0.15) is 117 Å². The standard InChI is InChI=1S/C38H48O6/c1-22(2)11-10-12-25(7)16-17-37-21-26(14-13-23(3)4)36(8,9)38(35(37)43,18-15-24(5)6)34-31(33(37)42)32(41)27-19-28(39)29(40)20-30(27)44-34/h11,13,15-16,19-20,26,39-40H,10,12,14,17-18,21H2,1-9H3/b25-16+/t26-,37+,38-/m0/s1. The number of carbonyl (C=O) groups excluding carboxylic acids is 2. The molecule has 0 unspecified atom stereocenters. The van der Waals surface area contributed by atoms with Gasteiger partial charge in [0.05, 0.1) is 16.2 Å². The van der Waals surface area contributed by atoms with Crippen molar-refractivity contribution in [2.24, 2.45) is 16.7 Å². The number of ketones is 2. The first-order valence-corrected chi connectivity index (χ1v) is 15.7. The van der Waals surface area contributed by atoms with Crippen molar-refractivity contribution in [3.8, 4) is 11.5 Å². The smallest absolute Gasteiger partial charge is 0.204 e. The molecule has 0 radical (unpaired) electrons. The van der Waals surface area contributed by atoms with E-state index in [1.54, 1.807) is 0 Å². The number of carbonyl (C=O) groups is 2. The highest BCUT2D eigenvalue weighted by atomic mass is 16.3. The zero-order chi connectivity index (χ0) is 32.8. The predicted molar refractivity (Wildman–Crippen MR) is 176 cm³/mol. The summed E-state index contributed by atoms with van der Waals surface area (Å²) < 4.78 is 6.44. The summed E-state index contributed by atoms with van der Waals surface area (Å²) in [7, 11) is 0. The Balaban J connectivity index is 2.09. The van der Waals surface area contributed by atoms with E-state index in [2.05, 4.69) is 39.8 Å². The predicted octanol–water partition coefficient (Wildman–Crippen LogP) is 9.04. The highest BCUT2D eigenvalue weighted by Gasteiger charge is 2.72. The summed E-state index contributed by atoms with van der Waals surface area (Å²) >= 11 is 0. The molecular weight excluding hydrogens is 552 g/mol. The molecule has 6 nitrogen and oxygen atoms in total. The number of phenols is 2. The van der Waals surface area contributed by atoms with Crippen LogP contribution in [0.25, 0.3) is 11.0 Å². The molecule has 1 saturated carbocycles. The van der Waals surface area contributed by atoms with Crippen molar-refractivity contribution in [3.63, 3.8) is 0 Å². The number of hydrogen-bond acceptors (Lipinski definition) is 6. The molecule has 1 heterocycles. The number of Topliss-reactive ketones (excluding diaryl/α,β-unsaturated/α-hetero) is 2. The molecule has 1 aromatic heterocycles. The van der Waals surface area contributed by atoms with Gasteiger partial charge in [-0.25, -0.2) is 0 Å². The molecular formula is C38H48O6. The maximum atomic E-state index is 15.3. The van der Waals surface area contributed by atoms with Gasteiger partial charge >= 0.3 is 0 Å². The first kappa shape index (κ1) is 33.2. The lowest BCUT2D eigenvalue weighted by molar-refractivity contribution is -0.151. The monoisotopic (exact) mass is 600 g/mol. The van der Waals surface area contributed by atoms with Gasteiger partial charge in [0.25, 0.3) is 0 Å². The van der Waals surface area contributed by atoms with E-state index in [-0.39, 0.29) is 46.8 Å². The molecule has 44 heavy (non-hydrogen) atoms. The van der Waals surface area contributed by atoms with Crippen molar-refractivity contribution in [1.29, 1.82) is 0 Å². The van der Waals surface area contributed by atoms with Crippen LogP contribution in [0, 0.1) is 16.7 Å². The number of aromatic hydroxyl groups is 2. The molecule has 236 valence electrons. The fourth-order valence-corrected chi connectivity index (χ4v) is 7.24. The van der Waals surface area contributed by atoms with Crippen molar-refractivity contribution in [1.82, 2.24) is 0 Å². The van der Waals surface area contributed by atoms with Crippen LogP contribution in [0.3, 0.4) is 0 Å². The molecule has 6 heteroatoms. The zero-order valence-electron chi connectivity index (χ0n) is 27.8. The molecule has 2 aromatic rings. The average Bonchev–Trinajstić information content (AvgIpc) is 2.92. The van der Waals surface area contributed by atoms with Crippen molar-refractivity contribution in [3.05, 3.63) is 80.3 Å². The first-order valence-electron chi connectivity index (χ1n) is 15.7. The third-order valence-corrected chi connectivity index (χ3v) is 10.1. The normalized spacial score (nSPS) is 24.1. The summed E-state index contributed by atoms with van der Waals surface area (Å²) in [5.41, 5.74) is 0.408. The van der Waals surface area contributed by atoms with Crippen LogP contribution < -0.4 is 5.43 Å². The number of rotatable bonds is 9. The highest BCUT2D eigenvalue weighted by Crippen LogP contribution is 2.65. The minimum absolute atomic E-state index is 0.000297. The Morgan fingerprint density at radius 2 is 1.48 bits per heavy atom. The molecule has 0 saturated heterocycles. The molecule has 4 rings (SSSR count). The molecule has 0 aliphatic heterocycles. The van der Waals surface area contributed by atoms with E-state index in [4.69, 9.17) is 4.42 Å². The van der Waals surface area contributed by atoms with E-state index in [1.807, 2.05) is 46.8 Å². The largest absolute Gasteiger partial charge is 0.504 e. The van der Waals surface area contributed by atoms with Gasteiger partial charge < -0.3 is 14.6 Å². The SMILES string of the molecule is CC(C)=CCC/C(C)=C/C[C@]12C[C@H](CC=C(C)C)C(C)(C)[C@](CC=C(C)C)(C1=O)c1oc3cc(O)c(O)cc3c(=O)c1C2=O. The summed E-state index contributed by atoms with van der Waals surface area (Å²) in [6, 6.07) is 2.33. The average molecular weight is 601 g/mol. The number of hydrogen-bond donors (Lipinski definition) is 2. The fraction of sp³-hybridized carbons (Fsp3) is 0.500. The van der Waals surface area contributed by atoms with Crippen LogP contribution >= 0.6 is 0 Å². The topological polar surface area (TPSA) is 105 Å². The van der Waals surface area contributed by atoms with Crippen LogP contribution in [-0.2, 0) is 10.2 Å². The zero-order valence-corrected chi connectivity index (χ0v) is 27.8. The Kier molecular flexibility index (Phi) is 9.08. The third-order valence-electron chi connectivity index (χ3n) is 10.1. The van der Waals surface area contributed by atoms with Crippen LogP contribution in [0.5, 0.6) is 11.5 Å². The Labute approximate surface area is 261 Å². The molecule has 3 atom stereocenters. The maximum absolute atomic E-state index is 15.3. The Bertz CT molecular complexity index is 1680. The van der Waals surface area contributed by atoms with Crippen LogP contribution in [0.2, 0.25) is 0 Å². The lowest BCUT2D eigenvalue weighted by atomic mass is 9.40. The molecule has 2 aliphatic rings. The summed E-state index contributed by atoms with van der Waals surface area (Å²) in [6.07, 6.45) is 11.5. The van der Waals surface area contributed by atoms with Gasteiger partial charge in [-0.1, -0.05) is 60.4 Å². The second kappa shape index (κ2) is 12.0. The maximum Gasteiger partial charge on any atom is 0.204 e. The van der Waals surface area contributed by atoms with Crippen molar-refractivity contribution < 1.29 is 24.2 Å². The van der Waals surface area contributed by atoms with Crippen LogP contribution in [0.15, 0.2) is 67.9 Å². The molecule has 2 aliphatic carbocycles. The minimum atomic E-state index is -1.43. The lowest BCUT2D eigenvalue weighted by Crippen LogP contribution is -2.68. The van der Waals surface area contributed by atoms with E-state index >= 15 is 4.79 Å². The quantitative estimate of drug-likeness (QED) is 0.169. The fourth-order valence-electron chi connectivity index (χ4n) is 7.24. The van der Waals surface area contributed by atoms with Crippen molar-refractivity contribution in [2.45, 2.75) is 106 Å². The van der Waals surface area contributed by atoms with E-state index < -0.39 is 39.0 Å². The van der Waals surface area contributed by atoms with Gasteiger partial charge in [0.2, 0.25) is 5.43 Å². The Morgan fingerprint density at radius 1 is 0.864 bits per heavy atom. The Hall–Kier alpha value is -3.67. The highest BCUT2D eigenvalue weighted by molar-refractivity contribution is 6.23. The summed E-state index contributed by atoms with van der Waals surface area (Å²) in [4.78, 5) is 44.3. The number of allylic oxidation sites excluding steroid dienone is 8. The molecule has 2 bridgehead atoms. The van der Waals surface area contributed by atoms with Crippen molar-refractivity contribution >= 4 is 22.5 Å². The number of benzene rings is 1. The van der Waals surface area contributed by atoms with Crippen molar-refractivity contribution in [2.75, 3.05) is 0 Å². The number of phenolic OH excluding ortho intramolecular Hbond substituents is 2. The van der Waals surface area contributed by atoms with E-state index in [0.29, 0.717) is 12.8 Å². The van der Waals surface area contributed by atoms with Gasteiger partial charge in [0, 0.05) is 6.07 Å². The molecule has 1 aromatic carbocycles. The van der Waals surface area contributed by atoms with E-state index in [0.717, 1.165) is 35.6 Å². The van der Waals surface area contributed by atoms with Gasteiger partial charge in [-0.2, -0.15) is 0 Å². The molecule has 0 spiro atoms. The second-order valence-corrected chi connectivity index (χ2v) is 14.3. The minimum Gasteiger partial charge on any atom is -0.504 e. The molecule has 1 fully saturated rings. The Morgan fingerprint density at radius 3 is 2.09 bits per heavy atom. The summed E-state index contributed by atoms with van der Waals surface area (Å²) in [6.45, 7) is 18.3. The van der Waals surface area contributed by atoms with E-state index in [1.165, 1.54) is 11.6 Å². The molecule has 0 amide bonds. The van der Waals surface area contributed by atoms with Gasteiger partial charge in [0.15, 0.2) is 23.1 Å². The third kappa shape index (κ3) is 5.41. The van der Waals surface area contributed by atoms with Crippen LogP contribution in [0.4, 0.5) is 0 Å². The summed E-state index contributed by atoms with van der Waals surface area (Å²) in [5, 5.41) is 20.5. The van der Waals surface area contributed by atoms with Crippen LogP contribution in [-0.4, -0.2) is 21.8 Å². The number of fused-ring (bicyclic) bond motifs is 5. The van der Waals surface area contributed by atoms with Gasteiger partial charge in [0.1, 0.15) is 16.9 Å².